The van der Waals surface area contributed by atoms with Crippen LogP contribution in [0.3, 0.4) is 0 Å². The number of aryl methyl sites for hydroxylation is 1. The summed E-state index contributed by atoms with van der Waals surface area (Å²) in [4.78, 5) is 12.0. The summed E-state index contributed by atoms with van der Waals surface area (Å²) in [5.74, 6) is 0.255. The molecule has 2 N–H and O–H groups in total. The summed E-state index contributed by atoms with van der Waals surface area (Å²) in [6.45, 7) is 2.07. The lowest BCUT2D eigenvalue weighted by Crippen LogP contribution is -1.94. The van der Waals surface area contributed by atoms with Gasteiger partial charge in [-0.2, -0.15) is 0 Å². The summed E-state index contributed by atoms with van der Waals surface area (Å²) < 4.78 is 0. The number of carbonyl (C=O) groups is 1. The number of rotatable bonds is 5. The van der Waals surface area contributed by atoms with E-state index >= 15 is 0 Å². The molecule has 0 aromatic heterocycles. The number of carbonyl (C=O) groups excluding carboxylic acids is 1. The molecule has 0 aliphatic heterocycles. The molecule has 0 atom stereocenters. The number of allylic oxidation sites excluding steroid dienone is 1. The predicted molar refractivity (Wildman–Crippen MR) is 83.6 cm³/mol. The minimum Gasteiger partial charge on any atom is -0.508 e. The van der Waals surface area contributed by atoms with Gasteiger partial charge in [0.05, 0.1) is 0 Å². The highest BCUT2D eigenvalue weighted by Crippen LogP contribution is 2.20. The van der Waals surface area contributed by atoms with Crippen molar-refractivity contribution in [3.63, 3.8) is 0 Å². The fourth-order valence-corrected chi connectivity index (χ4v) is 2.13. The molecule has 0 bridgehead atoms. The summed E-state index contributed by atoms with van der Waals surface area (Å²) >= 11 is 0. The highest BCUT2D eigenvalue weighted by Gasteiger charge is 2.04. The first-order chi connectivity index (χ1) is 10.1. The van der Waals surface area contributed by atoms with Crippen LogP contribution in [0.2, 0.25) is 0 Å². The van der Waals surface area contributed by atoms with Crippen LogP contribution in [-0.4, -0.2) is 16.0 Å². The van der Waals surface area contributed by atoms with E-state index in [1.165, 1.54) is 18.2 Å². The molecule has 108 valence electrons. The maximum absolute atomic E-state index is 12.0. The van der Waals surface area contributed by atoms with Gasteiger partial charge in [-0.05, 0) is 60.0 Å². The first-order valence-electron chi connectivity index (χ1n) is 6.93. The topological polar surface area (TPSA) is 57.5 Å². The maximum atomic E-state index is 12.0. The zero-order valence-corrected chi connectivity index (χ0v) is 11.9. The Kier molecular flexibility index (Phi) is 4.77. The van der Waals surface area contributed by atoms with Gasteiger partial charge >= 0.3 is 0 Å². The highest BCUT2D eigenvalue weighted by atomic mass is 16.3. The first-order valence-corrected chi connectivity index (χ1v) is 6.93. The Morgan fingerprint density at radius 2 is 1.71 bits per heavy atom. The molecule has 3 heteroatoms. The minimum absolute atomic E-state index is 0.120. The van der Waals surface area contributed by atoms with Crippen LogP contribution in [0, 0.1) is 0 Å². The minimum atomic E-state index is -0.120. The average molecular weight is 282 g/mol. The third-order valence-corrected chi connectivity index (χ3v) is 3.21. The van der Waals surface area contributed by atoms with E-state index in [-0.39, 0.29) is 17.3 Å². The number of aromatic hydroxyl groups is 2. The number of ketones is 1. The van der Waals surface area contributed by atoms with Gasteiger partial charge in [-0.25, -0.2) is 0 Å². The van der Waals surface area contributed by atoms with Crippen LogP contribution in [-0.2, 0) is 6.42 Å². The van der Waals surface area contributed by atoms with Gasteiger partial charge in [0.15, 0.2) is 5.78 Å². The number of hydrogen-bond donors (Lipinski definition) is 2. The second-order valence-corrected chi connectivity index (χ2v) is 4.88. The summed E-state index contributed by atoms with van der Waals surface area (Å²) in [5.41, 5.74) is 2.48. The molecule has 0 aliphatic carbocycles. The second kappa shape index (κ2) is 6.75. The molecule has 0 amide bonds. The molecule has 21 heavy (non-hydrogen) atoms. The summed E-state index contributed by atoms with van der Waals surface area (Å²) in [6.07, 6.45) is 5.09. The highest BCUT2D eigenvalue weighted by molar-refractivity contribution is 6.06. The number of phenols is 2. The molecule has 0 fully saturated rings. The molecule has 3 nitrogen and oxygen atoms in total. The van der Waals surface area contributed by atoms with Gasteiger partial charge in [-0.3, -0.25) is 4.79 Å². The number of hydrogen-bond acceptors (Lipinski definition) is 3. The van der Waals surface area contributed by atoms with Gasteiger partial charge in [0.2, 0.25) is 0 Å². The van der Waals surface area contributed by atoms with E-state index in [4.69, 9.17) is 0 Å². The van der Waals surface area contributed by atoms with Crippen molar-refractivity contribution in [1.82, 2.24) is 0 Å². The van der Waals surface area contributed by atoms with Gasteiger partial charge in [0.25, 0.3) is 0 Å². The lowest BCUT2D eigenvalue weighted by atomic mass is 10.0. The van der Waals surface area contributed by atoms with Gasteiger partial charge in [-0.15, -0.1) is 0 Å². The molecule has 0 heterocycles. The van der Waals surface area contributed by atoms with E-state index in [0.29, 0.717) is 5.56 Å². The lowest BCUT2D eigenvalue weighted by molar-refractivity contribution is 0.104. The zero-order valence-electron chi connectivity index (χ0n) is 11.9. The summed E-state index contributed by atoms with van der Waals surface area (Å²) in [6, 6.07) is 11.3. The van der Waals surface area contributed by atoms with E-state index in [2.05, 4.69) is 6.92 Å². The molecule has 0 aliphatic rings. The Hall–Kier alpha value is -2.55. The second-order valence-electron chi connectivity index (χ2n) is 4.88. The van der Waals surface area contributed by atoms with E-state index in [1.807, 2.05) is 0 Å². The lowest BCUT2D eigenvalue weighted by Gasteiger charge is -2.05. The van der Waals surface area contributed by atoms with Gasteiger partial charge in [0.1, 0.15) is 11.5 Å². The van der Waals surface area contributed by atoms with Crippen LogP contribution in [0.15, 0.2) is 48.5 Å². The fraction of sp³-hybridized carbons (Fsp3) is 0.167. The molecule has 2 rings (SSSR count). The van der Waals surface area contributed by atoms with Crippen LogP contribution in [0.25, 0.3) is 6.08 Å². The Bertz CT molecular complexity index is 655. The van der Waals surface area contributed by atoms with Crippen LogP contribution in [0.5, 0.6) is 11.5 Å². The number of phenolic OH excluding ortho intramolecular Hbond substituents is 2. The van der Waals surface area contributed by atoms with Crippen LogP contribution < -0.4 is 0 Å². The molecular formula is C18H18O3. The third kappa shape index (κ3) is 3.96. The van der Waals surface area contributed by atoms with Crippen molar-refractivity contribution in [1.29, 1.82) is 0 Å². The quantitative estimate of drug-likeness (QED) is 0.645. The van der Waals surface area contributed by atoms with Crippen molar-refractivity contribution < 1.29 is 15.0 Å². The molecule has 2 aromatic carbocycles. The average Bonchev–Trinajstić information content (AvgIpc) is 2.47. The predicted octanol–water partition coefficient (Wildman–Crippen LogP) is 3.95. The van der Waals surface area contributed by atoms with Crippen LogP contribution in [0.4, 0.5) is 0 Å². The largest absolute Gasteiger partial charge is 0.508 e. The molecule has 0 saturated carbocycles. The maximum Gasteiger partial charge on any atom is 0.185 e. The van der Waals surface area contributed by atoms with Crippen molar-refractivity contribution in [3.05, 3.63) is 65.2 Å². The molecule has 0 unspecified atom stereocenters. The summed E-state index contributed by atoms with van der Waals surface area (Å²) in [5, 5.41) is 18.7. The van der Waals surface area contributed by atoms with Crippen molar-refractivity contribution in [2.24, 2.45) is 0 Å². The van der Waals surface area contributed by atoms with Crippen molar-refractivity contribution in [2.75, 3.05) is 0 Å². The Morgan fingerprint density at radius 1 is 1.05 bits per heavy atom. The third-order valence-electron chi connectivity index (χ3n) is 3.21. The van der Waals surface area contributed by atoms with Crippen LogP contribution in [0.1, 0.15) is 34.8 Å². The molecule has 2 aromatic rings. The Balaban J connectivity index is 2.20. The SMILES string of the molecule is CCCc1cc(O)ccc1C=CC(=O)c1ccc(O)cc1. The molecular weight excluding hydrogens is 264 g/mol. The van der Waals surface area contributed by atoms with Gasteiger partial charge in [0, 0.05) is 5.56 Å². The normalized spacial score (nSPS) is 10.9. The van der Waals surface area contributed by atoms with Gasteiger partial charge < -0.3 is 10.2 Å². The smallest absolute Gasteiger partial charge is 0.185 e. The van der Waals surface area contributed by atoms with E-state index in [0.717, 1.165) is 24.0 Å². The summed E-state index contributed by atoms with van der Waals surface area (Å²) in [7, 11) is 0. The number of benzene rings is 2. The monoisotopic (exact) mass is 282 g/mol. The van der Waals surface area contributed by atoms with E-state index in [1.54, 1.807) is 36.4 Å². The van der Waals surface area contributed by atoms with E-state index < -0.39 is 0 Å². The van der Waals surface area contributed by atoms with E-state index in [9.17, 15) is 15.0 Å². The first kappa shape index (κ1) is 14.9. The standard InChI is InChI=1S/C18H18O3/c1-2-3-15-12-17(20)10-4-13(15)7-11-18(21)14-5-8-16(19)9-6-14/h4-12,19-20H,2-3H2,1H3. The van der Waals surface area contributed by atoms with Crippen molar-refractivity contribution in [3.8, 4) is 11.5 Å². The molecule has 0 spiro atoms. The van der Waals surface area contributed by atoms with Crippen molar-refractivity contribution in [2.45, 2.75) is 19.8 Å². The van der Waals surface area contributed by atoms with Crippen LogP contribution >= 0.6 is 0 Å². The zero-order chi connectivity index (χ0) is 15.2. The molecule has 0 radical (unpaired) electrons. The van der Waals surface area contributed by atoms with Crippen molar-refractivity contribution >= 4 is 11.9 Å². The Morgan fingerprint density at radius 3 is 2.38 bits per heavy atom. The molecule has 0 saturated heterocycles. The Labute approximate surface area is 124 Å². The van der Waals surface area contributed by atoms with Gasteiger partial charge in [-0.1, -0.05) is 25.5 Å². The fourth-order valence-electron chi connectivity index (χ4n) is 2.13.